The fourth-order valence-electron chi connectivity index (χ4n) is 1.34. The van der Waals surface area contributed by atoms with Crippen molar-refractivity contribution in [3.05, 3.63) is 24.0 Å². The monoisotopic (exact) mass is 236 g/mol. The van der Waals surface area contributed by atoms with Crippen molar-refractivity contribution >= 4 is 5.91 Å². The number of nitrogens with one attached hydrogen (secondary N) is 2. The number of hydrogen-bond donors (Lipinski definition) is 2. The van der Waals surface area contributed by atoms with Crippen LogP contribution in [0.3, 0.4) is 0 Å². The Labute approximate surface area is 102 Å². The van der Waals surface area contributed by atoms with Crippen LogP contribution in [0.4, 0.5) is 0 Å². The molecule has 5 heteroatoms. The van der Waals surface area contributed by atoms with Crippen LogP contribution in [-0.4, -0.2) is 28.7 Å². The van der Waals surface area contributed by atoms with Gasteiger partial charge in [0.2, 0.25) is 5.91 Å². The Balaban J connectivity index is 2.09. The molecule has 1 aromatic rings. The van der Waals surface area contributed by atoms with Crippen LogP contribution in [0.5, 0.6) is 0 Å². The number of rotatable bonds is 7. The van der Waals surface area contributed by atoms with Gasteiger partial charge < -0.3 is 10.6 Å². The summed E-state index contributed by atoms with van der Waals surface area (Å²) in [5, 5.41) is 13.7. The predicted octanol–water partition coefficient (Wildman–Crippen LogP) is 0.871. The molecule has 0 spiro atoms. The zero-order valence-electron chi connectivity index (χ0n) is 10.4. The van der Waals surface area contributed by atoms with Crippen molar-refractivity contribution in [1.82, 2.24) is 20.8 Å². The van der Waals surface area contributed by atoms with Crippen molar-refractivity contribution in [2.75, 3.05) is 6.54 Å². The van der Waals surface area contributed by atoms with Crippen molar-refractivity contribution in [1.29, 1.82) is 0 Å². The van der Waals surface area contributed by atoms with E-state index in [-0.39, 0.29) is 5.91 Å². The molecule has 1 rings (SSSR count). The summed E-state index contributed by atoms with van der Waals surface area (Å²) in [5.41, 5.74) is 0.779. The van der Waals surface area contributed by atoms with E-state index in [1.165, 1.54) is 0 Å². The number of carbonyl (C=O) groups is 1. The zero-order chi connectivity index (χ0) is 12.5. The second-order valence-corrected chi connectivity index (χ2v) is 4.20. The van der Waals surface area contributed by atoms with Gasteiger partial charge in [0.05, 0.1) is 12.2 Å². The minimum absolute atomic E-state index is 0.0567. The van der Waals surface area contributed by atoms with E-state index in [9.17, 15) is 4.79 Å². The summed E-state index contributed by atoms with van der Waals surface area (Å²) in [7, 11) is 0. The van der Waals surface area contributed by atoms with Gasteiger partial charge in [-0.3, -0.25) is 4.79 Å². The standard InChI is InChI=1S/C12H20N4O/c1-10(2)13-7-4-6-12(17)14-9-11-5-3-8-15-16-11/h3,5,8,10,13H,4,6-7,9H2,1-2H3,(H,14,17). The maximum Gasteiger partial charge on any atom is 0.220 e. The molecule has 0 saturated carbocycles. The molecule has 0 radical (unpaired) electrons. The molecule has 0 saturated heterocycles. The van der Waals surface area contributed by atoms with Gasteiger partial charge in [0, 0.05) is 18.7 Å². The topological polar surface area (TPSA) is 66.9 Å². The van der Waals surface area contributed by atoms with E-state index in [2.05, 4.69) is 34.7 Å². The van der Waals surface area contributed by atoms with Gasteiger partial charge in [-0.2, -0.15) is 10.2 Å². The molecule has 0 aliphatic rings. The lowest BCUT2D eigenvalue weighted by molar-refractivity contribution is -0.121. The molecule has 1 amide bonds. The highest BCUT2D eigenvalue weighted by Crippen LogP contribution is 1.92. The van der Waals surface area contributed by atoms with E-state index in [0.29, 0.717) is 19.0 Å². The van der Waals surface area contributed by atoms with E-state index in [0.717, 1.165) is 18.7 Å². The van der Waals surface area contributed by atoms with Gasteiger partial charge in [-0.1, -0.05) is 13.8 Å². The highest BCUT2D eigenvalue weighted by molar-refractivity contribution is 5.75. The lowest BCUT2D eigenvalue weighted by atomic mass is 10.2. The third-order valence-corrected chi connectivity index (χ3v) is 2.23. The molecule has 0 aromatic carbocycles. The van der Waals surface area contributed by atoms with Gasteiger partial charge >= 0.3 is 0 Å². The average Bonchev–Trinajstić information content (AvgIpc) is 2.33. The number of nitrogens with zero attached hydrogens (tertiary/aromatic N) is 2. The highest BCUT2D eigenvalue weighted by atomic mass is 16.1. The molecule has 1 aromatic heterocycles. The Kier molecular flexibility index (Phi) is 6.17. The molecule has 94 valence electrons. The first kappa shape index (κ1) is 13.6. The third kappa shape index (κ3) is 6.63. The molecule has 0 bridgehead atoms. The summed E-state index contributed by atoms with van der Waals surface area (Å²) in [6, 6.07) is 4.12. The quantitative estimate of drug-likeness (QED) is 0.689. The van der Waals surface area contributed by atoms with Gasteiger partial charge in [0.1, 0.15) is 0 Å². The second kappa shape index (κ2) is 7.73. The van der Waals surface area contributed by atoms with Crippen LogP contribution in [-0.2, 0) is 11.3 Å². The van der Waals surface area contributed by atoms with E-state index in [1.807, 2.05) is 6.07 Å². The van der Waals surface area contributed by atoms with Crippen LogP contribution in [0, 0.1) is 0 Å². The summed E-state index contributed by atoms with van der Waals surface area (Å²) in [6.45, 7) is 5.50. The van der Waals surface area contributed by atoms with Crippen molar-refractivity contribution in [2.24, 2.45) is 0 Å². The molecule has 2 N–H and O–H groups in total. The maximum absolute atomic E-state index is 11.5. The van der Waals surface area contributed by atoms with Crippen LogP contribution in [0.15, 0.2) is 18.3 Å². The normalized spacial score (nSPS) is 10.5. The first-order chi connectivity index (χ1) is 8.18. The van der Waals surface area contributed by atoms with Gasteiger partial charge in [0.15, 0.2) is 0 Å². The molecule has 0 unspecified atom stereocenters. The van der Waals surface area contributed by atoms with Gasteiger partial charge in [0.25, 0.3) is 0 Å². The van der Waals surface area contributed by atoms with Crippen LogP contribution < -0.4 is 10.6 Å². The Morgan fingerprint density at radius 3 is 2.94 bits per heavy atom. The molecule has 0 atom stereocenters. The number of amides is 1. The molecule has 17 heavy (non-hydrogen) atoms. The molecular weight excluding hydrogens is 216 g/mol. The van der Waals surface area contributed by atoms with Crippen LogP contribution in [0.2, 0.25) is 0 Å². The summed E-state index contributed by atoms with van der Waals surface area (Å²) in [4.78, 5) is 11.5. The largest absolute Gasteiger partial charge is 0.350 e. The molecule has 1 heterocycles. The fourth-order valence-corrected chi connectivity index (χ4v) is 1.34. The Morgan fingerprint density at radius 2 is 2.29 bits per heavy atom. The zero-order valence-corrected chi connectivity index (χ0v) is 10.4. The van der Waals surface area contributed by atoms with Crippen LogP contribution in [0.25, 0.3) is 0 Å². The SMILES string of the molecule is CC(C)NCCCC(=O)NCc1cccnn1. The molecule has 0 fully saturated rings. The Hall–Kier alpha value is -1.49. The third-order valence-electron chi connectivity index (χ3n) is 2.23. The Morgan fingerprint density at radius 1 is 1.47 bits per heavy atom. The highest BCUT2D eigenvalue weighted by Gasteiger charge is 2.02. The lowest BCUT2D eigenvalue weighted by Crippen LogP contribution is -2.27. The first-order valence-corrected chi connectivity index (χ1v) is 5.95. The van der Waals surface area contributed by atoms with E-state index in [1.54, 1.807) is 12.3 Å². The molecule has 0 aliphatic heterocycles. The predicted molar refractivity (Wildman–Crippen MR) is 66.3 cm³/mol. The number of hydrogen-bond acceptors (Lipinski definition) is 4. The van der Waals surface area contributed by atoms with Crippen molar-refractivity contribution in [2.45, 2.75) is 39.3 Å². The molecule has 5 nitrogen and oxygen atoms in total. The second-order valence-electron chi connectivity index (χ2n) is 4.20. The molecular formula is C12H20N4O. The summed E-state index contributed by atoms with van der Waals surface area (Å²) < 4.78 is 0. The summed E-state index contributed by atoms with van der Waals surface area (Å²) in [5.74, 6) is 0.0567. The average molecular weight is 236 g/mol. The first-order valence-electron chi connectivity index (χ1n) is 5.95. The number of carbonyl (C=O) groups excluding carboxylic acids is 1. The van der Waals surface area contributed by atoms with E-state index >= 15 is 0 Å². The minimum Gasteiger partial charge on any atom is -0.350 e. The number of aromatic nitrogens is 2. The van der Waals surface area contributed by atoms with Gasteiger partial charge in [-0.05, 0) is 25.1 Å². The van der Waals surface area contributed by atoms with Crippen molar-refractivity contribution in [3.8, 4) is 0 Å². The minimum atomic E-state index is 0.0567. The van der Waals surface area contributed by atoms with Crippen LogP contribution in [0.1, 0.15) is 32.4 Å². The lowest BCUT2D eigenvalue weighted by Gasteiger charge is -2.07. The van der Waals surface area contributed by atoms with E-state index in [4.69, 9.17) is 0 Å². The van der Waals surface area contributed by atoms with Gasteiger partial charge in [-0.15, -0.1) is 0 Å². The Bertz CT molecular complexity index is 327. The maximum atomic E-state index is 11.5. The van der Waals surface area contributed by atoms with Crippen molar-refractivity contribution < 1.29 is 4.79 Å². The van der Waals surface area contributed by atoms with Crippen molar-refractivity contribution in [3.63, 3.8) is 0 Å². The summed E-state index contributed by atoms with van der Waals surface area (Å²) >= 11 is 0. The smallest absolute Gasteiger partial charge is 0.220 e. The molecule has 0 aliphatic carbocycles. The summed E-state index contributed by atoms with van der Waals surface area (Å²) in [6.07, 6.45) is 3.01. The van der Waals surface area contributed by atoms with Gasteiger partial charge in [-0.25, -0.2) is 0 Å². The van der Waals surface area contributed by atoms with Crippen LogP contribution >= 0.6 is 0 Å². The fraction of sp³-hybridized carbons (Fsp3) is 0.583. The van der Waals surface area contributed by atoms with E-state index < -0.39 is 0 Å².